The number of aryl methyl sites for hydroxylation is 1. The topological polar surface area (TPSA) is 59.5 Å². The Hall–Kier alpha value is -2.68. The summed E-state index contributed by atoms with van der Waals surface area (Å²) in [4.78, 5) is 4.81. The highest BCUT2D eigenvalue weighted by molar-refractivity contribution is 6.35. The molecule has 0 saturated carbocycles. The molecule has 7 heteroatoms. The third-order valence-electron chi connectivity index (χ3n) is 4.31. The third kappa shape index (κ3) is 4.59. The number of rotatable bonds is 8. The lowest BCUT2D eigenvalue weighted by molar-refractivity contribution is 0.215. The van der Waals surface area contributed by atoms with Gasteiger partial charge in [0.25, 0.3) is 0 Å². The van der Waals surface area contributed by atoms with Crippen molar-refractivity contribution in [3.05, 3.63) is 63.8 Å². The molecule has 0 aliphatic carbocycles. The highest BCUT2D eigenvalue weighted by atomic mass is 35.5. The number of unbranched alkanes of at least 4 members (excludes halogenated alkanes) is 1. The smallest absolute Gasteiger partial charge is 0.120 e. The van der Waals surface area contributed by atoms with E-state index in [4.69, 9.17) is 38.0 Å². The summed E-state index contributed by atoms with van der Waals surface area (Å²) in [5.41, 5.74) is 2.70. The largest absolute Gasteiger partial charge is 0.489 e. The van der Waals surface area contributed by atoms with Crippen LogP contribution in [-0.2, 0) is 18.0 Å². The molecule has 0 radical (unpaired) electrons. The Labute approximate surface area is 173 Å². The van der Waals surface area contributed by atoms with Crippen LogP contribution in [0.25, 0.3) is 10.9 Å². The fourth-order valence-corrected chi connectivity index (χ4v) is 3.47. The van der Waals surface area contributed by atoms with Crippen LogP contribution in [0.15, 0.2) is 47.6 Å². The summed E-state index contributed by atoms with van der Waals surface area (Å²) in [7, 11) is 1.50. The lowest BCUT2D eigenvalue weighted by Gasteiger charge is -2.10. The zero-order chi connectivity index (χ0) is 19.9. The van der Waals surface area contributed by atoms with Crippen molar-refractivity contribution in [2.75, 3.05) is 7.11 Å². The average Bonchev–Trinajstić information content (AvgIpc) is 3.03. The van der Waals surface area contributed by atoms with E-state index in [1.165, 1.54) is 7.11 Å². The van der Waals surface area contributed by atoms with Gasteiger partial charge in [0.1, 0.15) is 19.5 Å². The van der Waals surface area contributed by atoms with Crippen LogP contribution in [0.5, 0.6) is 5.75 Å². The second-order valence-electron chi connectivity index (χ2n) is 6.11. The van der Waals surface area contributed by atoms with Gasteiger partial charge in [-0.25, -0.2) is 0 Å². The zero-order valence-electron chi connectivity index (χ0n) is 15.4. The van der Waals surface area contributed by atoms with Crippen LogP contribution in [-0.4, -0.2) is 17.9 Å². The fourth-order valence-electron chi connectivity index (χ4n) is 2.97. The standard InChI is InChI=1S/C21H19Cl2N3O2/c1-27-25-13-16-11-15-12-17(7-8-21(15)26(16)10-3-2-9-24)28-14-18-19(22)5-4-6-20(18)23/h4-8,11-13H,2-3,10,14H2,1H3/b25-13+. The number of hydrogen-bond donors (Lipinski definition) is 0. The molecule has 0 N–H and O–H groups in total. The molecule has 3 rings (SSSR count). The van der Waals surface area contributed by atoms with Crippen molar-refractivity contribution in [2.45, 2.75) is 26.0 Å². The van der Waals surface area contributed by atoms with Gasteiger partial charge in [0.05, 0.1) is 18.0 Å². The van der Waals surface area contributed by atoms with E-state index < -0.39 is 0 Å². The molecular weight excluding hydrogens is 397 g/mol. The summed E-state index contributed by atoms with van der Waals surface area (Å²) >= 11 is 12.4. The van der Waals surface area contributed by atoms with Crippen molar-refractivity contribution in [3.8, 4) is 11.8 Å². The Morgan fingerprint density at radius 2 is 1.96 bits per heavy atom. The van der Waals surface area contributed by atoms with Crippen molar-refractivity contribution in [1.29, 1.82) is 5.26 Å². The quantitative estimate of drug-likeness (QED) is 0.265. The number of ether oxygens (including phenoxy) is 1. The fraction of sp³-hybridized carbons (Fsp3) is 0.238. The van der Waals surface area contributed by atoms with E-state index in [9.17, 15) is 0 Å². The zero-order valence-corrected chi connectivity index (χ0v) is 16.9. The molecule has 0 fully saturated rings. The van der Waals surface area contributed by atoms with E-state index in [-0.39, 0.29) is 6.61 Å². The molecule has 0 aliphatic rings. The van der Waals surface area contributed by atoms with Gasteiger partial charge < -0.3 is 14.1 Å². The molecule has 0 aliphatic heterocycles. The molecule has 1 aromatic heterocycles. The summed E-state index contributed by atoms with van der Waals surface area (Å²) in [6.07, 6.45) is 2.92. The number of aromatic nitrogens is 1. The molecule has 2 aromatic carbocycles. The predicted molar refractivity (Wildman–Crippen MR) is 112 cm³/mol. The van der Waals surface area contributed by atoms with Gasteiger partial charge in [-0.1, -0.05) is 34.4 Å². The normalized spacial score (nSPS) is 11.1. The van der Waals surface area contributed by atoms with E-state index in [0.717, 1.165) is 35.1 Å². The summed E-state index contributed by atoms with van der Waals surface area (Å²) in [6.45, 7) is 1.00. The van der Waals surface area contributed by atoms with Crippen LogP contribution in [0.2, 0.25) is 10.0 Å². The SMILES string of the molecule is CO/N=C/c1cc2cc(OCc3c(Cl)cccc3Cl)ccc2n1CCCC#N. The van der Waals surface area contributed by atoms with E-state index in [1.807, 2.05) is 24.3 Å². The summed E-state index contributed by atoms with van der Waals surface area (Å²) in [5.74, 6) is 0.716. The first-order chi connectivity index (χ1) is 13.6. The van der Waals surface area contributed by atoms with E-state index in [1.54, 1.807) is 24.4 Å². The molecule has 5 nitrogen and oxygen atoms in total. The minimum absolute atomic E-state index is 0.283. The Kier molecular flexibility index (Phi) is 6.80. The molecule has 0 saturated heterocycles. The van der Waals surface area contributed by atoms with Gasteiger partial charge >= 0.3 is 0 Å². The minimum Gasteiger partial charge on any atom is -0.489 e. The number of nitrogens with zero attached hydrogens (tertiary/aromatic N) is 3. The molecule has 1 heterocycles. The Balaban J connectivity index is 1.86. The highest BCUT2D eigenvalue weighted by Crippen LogP contribution is 2.28. The lowest BCUT2D eigenvalue weighted by Crippen LogP contribution is -2.02. The molecular formula is C21H19Cl2N3O2. The van der Waals surface area contributed by atoms with Crippen LogP contribution in [0.4, 0.5) is 0 Å². The molecule has 144 valence electrons. The van der Waals surface area contributed by atoms with Crippen LogP contribution in [0, 0.1) is 11.3 Å². The highest BCUT2D eigenvalue weighted by Gasteiger charge is 2.10. The number of oxime groups is 1. The molecule has 0 atom stereocenters. The molecule has 3 aromatic rings. The monoisotopic (exact) mass is 415 g/mol. The van der Waals surface area contributed by atoms with E-state index >= 15 is 0 Å². The number of benzene rings is 2. The summed E-state index contributed by atoms with van der Waals surface area (Å²) in [6, 6.07) is 15.4. The third-order valence-corrected chi connectivity index (χ3v) is 5.02. The number of halogens is 2. The Morgan fingerprint density at radius 1 is 1.18 bits per heavy atom. The van der Waals surface area contributed by atoms with Crippen molar-refractivity contribution in [2.24, 2.45) is 5.16 Å². The van der Waals surface area contributed by atoms with Crippen LogP contribution in [0.1, 0.15) is 24.1 Å². The van der Waals surface area contributed by atoms with Gasteiger partial charge in [0, 0.05) is 39.5 Å². The maximum Gasteiger partial charge on any atom is 0.120 e. The van der Waals surface area contributed by atoms with E-state index in [0.29, 0.717) is 22.2 Å². The summed E-state index contributed by atoms with van der Waals surface area (Å²) in [5, 5.41) is 14.8. The van der Waals surface area contributed by atoms with Gasteiger partial charge in [-0.15, -0.1) is 0 Å². The first kappa shape index (κ1) is 20.1. The van der Waals surface area contributed by atoms with Crippen molar-refractivity contribution in [1.82, 2.24) is 4.57 Å². The maximum absolute atomic E-state index is 8.81. The van der Waals surface area contributed by atoms with Crippen molar-refractivity contribution in [3.63, 3.8) is 0 Å². The average molecular weight is 416 g/mol. The Morgan fingerprint density at radius 3 is 2.68 bits per heavy atom. The number of nitriles is 1. The Bertz CT molecular complexity index is 1020. The minimum atomic E-state index is 0.283. The first-order valence-corrected chi connectivity index (χ1v) is 9.52. The number of hydrogen-bond acceptors (Lipinski definition) is 4. The summed E-state index contributed by atoms with van der Waals surface area (Å²) < 4.78 is 8.03. The molecule has 0 amide bonds. The molecule has 28 heavy (non-hydrogen) atoms. The maximum atomic E-state index is 8.81. The second-order valence-corrected chi connectivity index (χ2v) is 6.92. The number of fused-ring (bicyclic) bond motifs is 1. The molecule has 0 bridgehead atoms. The van der Waals surface area contributed by atoms with E-state index in [2.05, 4.69) is 15.8 Å². The van der Waals surface area contributed by atoms with Gasteiger partial charge in [0.15, 0.2) is 0 Å². The molecule has 0 unspecified atom stereocenters. The van der Waals surface area contributed by atoms with Crippen LogP contribution in [0.3, 0.4) is 0 Å². The van der Waals surface area contributed by atoms with Gasteiger partial charge in [-0.2, -0.15) is 5.26 Å². The van der Waals surface area contributed by atoms with Crippen molar-refractivity contribution >= 4 is 40.3 Å². The van der Waals surface area contributed by atoms with Crippen LogP contribution >= 0.6 is 23.2 Å². The predicted octanol–water partition coefficient (Wildman–Crippen LogP) is 5.81. The molecule has 0 spiro atoms. The first-order valence-electron chi connectivity index (χ1n) is 8.76. The van der Waals surface area contributed by atoms with Gasteiger partial charge in [-0.3, -0.25) is 0 Å². The lowest BCUT2D eigenvalue weighted by atomic mass is 10.2. The van der Waals surface area contributed by atoms with Gasteiger partial charge in [0.2, 0.25) is 0 Å². The van der Waals surface area contributed by atoms with Crippen molar-refractivity contribution < 1.29 is 9.57 Å². The van der Waals surface area contributed by atoms with Crippen LogP contribution < -0.4 is 4.74 Å². The van der Waals surface area contributed by atoms with Gasteiger partial charge in [-0.05, 0) is 42.8 Å². The second kappa shape index (κ2) is 9.50.